The fourth-order valence-corrected chi connectivity index (χ4v) is 1.65. The van der Waals surface area contributed by atoms with Gasteiger partial charge in [0.05, 0.1) is 0 Å². The summed E-state index contributed by atoms with van der Waals surface area (Å²) < 4.78 is 0. The molecular weight excluding hydrogens is 254 g/mol. The van der Waals surface area contributed by atoms with E-state index in [9.17, 15) is 9.59 Å². The predicted octanol–water partition coefficient (Wildman–Crippen LogP) is 2.55. The lowest BCUT2D eigenvalue weighted by molar-refractivity contribution is -0.139. The van der Waals surface area contributed by atoms with Crippen LogP contribution in [-0.2, 0) is 9.59 Å². The quantitative estimate of drug-likeness (QED) is 0.613. The van der Waals surface area contributed by atoms with Gasteiger partial charge in [0.25, 0.3) is 0 Å². The minimum absolute atomic E-state index is 0.0208. The van der Waals surface area contributed by atoms with E-state index in [1.54, 1.807) is 13.8 Å². The average Bonchev–Trinajstić information content (AvgIpc) is 2.29. The van der Waals surface area contributed by atoms with Gasteiger partial charge in [0.2, 0.25) is 5.24 Å². The molecule has 0 saturated carbocycles. The highest BCUT2D eigenvalue weighted by Gasteiger charge is 2.17. The van der Waals surface area contributed by atoms with Crippen molar-refractivity contribution in [3.63, 3.8) is 0 Å². The van der Waals surface area contributed by atoms with Crippen molar-refractivity contribution >= 4 is 22.8 Å². The summed E-state index contributed by atoms with van der Waals surface area (Å²) >= 11 is 5.34. The molecule has 1 aliphatic rings. The van der Waals surface area contributed by atoms with Crippen LogP contribution in [0, 0.1) is 11.8 Å². The molecule has 4 nitrogen and oxygen atoms in total. The molecule has 0 aliphatic heterocycles. The maximum atomic E-state index is 10.6. The summed E-state index contributed by atoms with van der Waals surface area (Å²) in [6.45, 7) is 5.65. The number of carboxylic acids is 1. The number of carbonyl (C=O) groups excluding carboxylic acids is 1. The fourth-order valence-electron chi connectivity index (χ4n) is 1.46. The number of hydrogen-bond donors (Lipinski definition) is 2. The third kappa shape index (κ3) is 6.77. The molecule has 5 heteroatoms. The summed E-state index contributed by atoms with van der Waals surface area (Å²) in [7, 11) is 0. The van der Waals surface area contributed by atoms with Crippen LogP contribution in [0.15, 0.2) is 11.6 Å². The zero-order valence-electron chi connectivity index (χ0n) is 11.1. The second kappa shape index (κ2) is 8.27. The van der Waals surface area contributed by atoms with Crippen molar-refractivity contribution in [2.24, 2.45) is 17.6 Å². The molecule has 3 N–H and O–H groups in total. The lowest BCUT2D eigenvalue weighted by Gasteiger charge is -2.15. The van der Waals surface area contributed by atoms with Crippen molar-refractivity contribution in [2.75, 3.05) is 0 Å². The monoisotopic (exact) mass is 275 g/mol. The third-order valence-corrected chi connectivity index (χ3v) is 3.27. The smallest absolute Gasteiger partial charge is 0.320 e. The molecule has 0 fully saturated rings. The van der Waals surface area contributed by atoms with Crippen LogP contribution in [0.1, 0.15) is 40.0 Å². The van der Waals surface area contributed by atoms with Crippen molar-refractivity contribution in [3.8, 4) is 0 Å². The van der Waals surface area contributed by atoms with E-state index in [1.807, 2.05) is 0 Å². The van der Waals surface area contributed by atoms with Crippen molar-refractivity contribution in [1.29, 1.82) is 0 Å². The van der Waals surface area contributed by atoms with Crippen molar-refractivity contribution in [2.45, 2.75) is 46.1 Å². The zero-order chi connectivity index (χ0) is 14.3. The Morgan fingerprint density at radius 2 is 2.06 bits per heavy atom. The van der Waals surface area contributed by atoms with Gasteiger partial charge < -0.3 is 10.8 Å². The van der Waals surface area contributed by atoms with Crippen LogP contribution in [0.4, 0.5) is 0 Å². The molecule has 0 bridgehead atoms. The molecule has 0 aromatic heterocycles. The highest BCUT2D eigenvalue weighted by Crippen LogP contribution is 2.24. The molecule has 0 amide bonds. The van der Waals surface area contributed by atoms with E-state index in [1.165, 1.54) is 5.57 Å². The molecule has 18 heavy (non-hydrogen) atoms. The number of rotatable bonds is 3. The number of carboxylic acid groups (broad SMARTS) is 1. The summed E-state index contributed by atoms with van der Waals surface area (Å²) in [5, 5.41) is 8.05. The molecule has 1 aliphatic carbocycles. The van der Waals surface area contributed by atoms with Gasteiger partial charge in [-0.2, -0.15) is 0 Å². The van der Waals surface area contributed by atoms with E-state index in [4.69, 9.17) is 22.4 Å². The molecule has 104 valence electrons. The molecule has 0 unspecified atom stereocenters. The Balaban J connectivity index is 0.000000331. The molecule has 0 aromatic carbocycles. The molecule has 2 atom stereocenters. The second-order valence-corrected chi connectivity index (χ2v) is 5.31. The van der Waals surface area contributed by atoms with E-state index < -0.39 is 12.0 Å². The van der Waals surface area contributed by atoms with Crippen molar-refractivity contribution in [3.05, 3.63) is 11.6 Å². The van der Waals surface area contributed by atoms with Gasteiger partial charge in [0.1, 0.15) is 6.04 Å². The SMILES string of the molecule is CC(C)[C@H](N)C(=O)O.CC1=CC[C@H](C(=O)Cl)CC1. The van der Waals surface area contributed by atoms with E-state index in [-0.39, 0.29) is 17.1 Å². The van der Waals surface area contributed by atoms with Gasteiger partial charge in [-0.25, -0.2) is 0 Å². The van der Waals surface area contributed by atoms with Crippen molar-refractivity contribution < 1.29 is 14.7 Å². The van der Waals surface area contributed by atoms with Gasteiger partial charge >= 0.3 is 5.97 Å². The Morgan fingerprint density at radius 3 is 2.28 bits per heavy atom. The summed E-state index contributed by atoms with van der Waals surface area (Å²) in [4.78, 5) is 20.7. The molecule has 1 rings (SSSR count). The number of nitrogens with two attached hydrogens (primary N) is 1. The minimum atomic E-state index is -0.931. The van der Waals surface area contributed by atoms with Crippen LogP contribution in [0.2, 0.25) is 0 Å². The Hall–Kier alpha value is -0.870. The van der Waals surface area contributed by atoms with E-state index in [0.29, 0.717) is 0 Å². The third-order valence-electron chi connectivity index (χ3n) is 2.96. The maximum Gasteiger partial charge on any atom is 0.320 e. The fraction of sp³-hybridized carbons (Fsp3) is 0.692. The van der Waals surface area contributed by atoms with Crippen molar-refractivity contribution in [1.82, 2.24) is 0 Å². The first-order valence-corrected chi connectivity index (χ1v) is 6.46. The Kier molecular flexibility index (Phi) is 7.87. The largest absolute Gasteiger partial charge is 0.480 e. The predicted molar refractivity (Wildman–Crippen MR) is 72.4 cm³/mol. The Bertz CT molecular complexity index is 326. The van der Waals surface area contributed by atoms with Crippen LogP contribution < -0.4 is 5.73 Å². The van der Waals surface area contributed by atoms with Gasteiger partial charge in [0.15, 0.2) is 0 Å². The molecule has 0 aromatic rings. The highest BCUT2D eigenvalue weighted by molar-refractivity contribution is 6.64. The van der Waals surface area contributed by atoms with Crippen LogP contribution in [0.5, 0.6) is 0 Å². The summed E-state index contributed by atoms with van der Waals surface area (Å²) in [5.74, 6) is -0.821. The molecule has 0 heterocycles. The molecule has 0 radical (unpaired) electrons. The van der Waals surface area contributed by atoms with Gasteiger partial charge in [0, 0.05) is 5.92 Å². The minimum Gasteiger partial charge on any atom is -0.480 e. The standard InChI is InChI=1S/C8H11ClO.C5H11NO2/c1-6-2-4-7(5-3-6)8(9)10;1-3(2)4(6)5(7)8/h2,7H,3-5H2,1H3;3-4H,6H2,1-2H3,(H,7,8)/t7-;4-/m00/s1. The van der Waals surface area contributed by atoms with Crippen LogP contribution >= 0.6 is 11.6 Å². The lowest BCUT2D eigenvalue weighted by atomic mass is 9.91. The summed E-state index contributed by atoms with van der Waals surface area (Å²) in [6.07, 6.45) is 4.91. The van der Waals surface area contributed by atoms with Crippen LogP contribution in [-0.4, -0.2) is 22.4 Å². The second-order valence-electron chi connectivity index (χ2n) is 4.93. The number of halogens is 1. The first-order chi connectivity index (χ1) is 8.25. The number of hydrogen-bond acceptors (Lipinski definition) is 3. The van der Waals surface area contributed by atoms with E-state index in [2.05, 4.69) is 13.0 Å². The zero-order valence-corrected chi connectivity index (χ0v) is 11.9. The summed E-state index contributed by atoms with van der Waals surface area (Å²) in [5.41, 5.74) is 6.54. The van der Waals surface area contributed by atoms with E-state index in [0.717, 1.165) is 19.3 Å². The Labute approximate surface area is 113 Å². The number of aliphatic carboxylic acids is 1. The number of allylic oxidation sites excluding steroid dienone is 2. The first-order valence-electron chi connectivity index (χ1n) is 6.09. The lowest BCUT2D eigenvalue weighted by Crippen LogP contribution is -2.34. The van der Waals surface area contributed by atoms with Gasteiger partial charge in [-0.1, -0.05) is 25.5 Å². The average molecular weight is 276 g/mol. The highest BCUT2D eigenvalue weighted by atomic mass is 35.5. The molecule has 0 spiro atoms. The molecule has 0 saturated heterocycles. The first kappa shape index (κ1) is 17.1. The normalized spacial score (nSPS) is 20.6. The number of carbonyl (C=O) groups is 2. The van der Waals surface area contributed by atoms with Gasteiger partial charge in [-0.05, 0) is 43.7 Å². The van der Waals surface area contributed by atoms with Gasteiger partial charge in [-0.15, -0.1) is 0 Å². The van der Waals surface area contributed by atoms with Gasteiger partial charge in [-0.3, -0.25) is 9.59 Å². The van der Waals surface area contributed by atoms with E-state index >= 15 is 0 Å². The maximum absolute atomic E-state index is 10.6. The molecular formula is C13H22ClNO3. The topological polar surface area (TPSA) is 80.4 Å². The van der Waals surface area contributed by atoms with Crippen LogP contribution in [0.3, 0.4) is 0 Å². The Morgan fingerprint density at radius 1 is 1.50 bits per heavy atom. The summed E-state index contributed by atoms with van der Waals surface area (Å²) in [6, 6.07) is -0.713. The van der Waals surface area contributed by atoms with Crippen LogP contribution in [0.25, 0.3) is 0 Å².